The summed E-state index contributed by atoms with van der Waals surface area (Å²) >= 11 is 0. The van der Waals surface area contributed by atoms with E-state index < -0.39 is 23.8 Å². The van der Waals surface area contributed by atoms with Gasteiger partial charge in [0.2, 0.25) is 10.0 Å². The van der Waals surface area contributed by atoms with Gasteiger partial charge in [0.25, 0.3) is 0 Å². The zero-order valence-corrected chi connectivity index (χ0v) is 15.3. The van der Waals surface area contributed by atoms with Crippen LogP contribution < -0.4 is 68.9 Å². The van der Waals surface area contributed by atoms with Crippen molar-refractivity contribution in [3.8, 4) is 0 Å². The van der Waals surface area contributed by atoms with E-state index in [0.717, 1.165) is 0 Å². The topological polar surface area (TPSA) is 101 Å². The fourth-order valence-corrected chi connectivity index (χ4v) is 3.48. The van der Waals surface area contributed by atoms with Gasteiger partial charge >= 0.3 is 59.1 Å². The molecule has 1 saturated heterocycles. The largest absolute Gasteiger partial charge is 1.00 e. The predicted molar refractivity (Wildman–Crippen MR) is 47.1 cm³/mol. The van der Waals surface area contributed by atoms with Crippen molar-refractivity contribution in [1.29, 1.82) is 0 Å². The van der Waals surface area contributed by atoms with Gasteiger partial charge in [-0.25, -0.2) is 12.7 Å². The maximum absolute atomic E-state index is 11.2. The maximum atomic E-state index is 11.2. The van der Waals surface area contributed by atoms with Gasteiger partial charge < -0.3 is 14.4 Å². The summed E-state index contributed by atoms with van der Waals surface area (Å²) in [5.41, 5.74) is 0. The Balaban J connectivity index is 0. The van der Waals surface area contributed by atoms with Gasteiger partial charge in [-0.3, -0.25) is 0 Å². The molecule has 0 radical (unpaired) electrons. The fraction of sp³-hybridized carbons (Fsp3) is 1.00. The zero-order chi connectivity index (χ0) is 10.8. The van der Waals surface area contributed by atoms with Crippen molar-refractivity contribution in [2.45, 2.75) is 12.8 Å². The van der Waals surface area contributed by atoms with E-state index in [2.05, 4.69) is 0 Å². The van der Waals surface area contributed by atoms with Crippen molar-refractivity contribution >= 4 is 17.6 Å². The first-order valence-corrected chi connectivity index (χ1v) is 7.64. The monoisotopic (exact) mass is 287 g/mol. The molecule has 16 heavy (non-hydrogen) atoms. The first-order valence-electron chi connectivity index (χ1n) is 4.30. The van der Waals surface area contributed by atoms with Crippen LogP contribution in [0, 0.1) is 0 Å². The Morgan fingerprint density at radius 2 is 1.81 bits per heavy atom. The first-order chi connectivity index (χ1) is 6.31. The van der Waals surface area contributed by atoms with Crippen molar-refractivity contribution in [3.63, 3.8) is 0 Å². The van der Waals surface area contributed by atoms with Crippen molar-refractivity contribution < 1.29 is 81.9 Å². The van der Waals surface area contributed by atoms with E-state index in [9.17, 15) is 22.8 Å². The van der Waals surface area contributed by atoms with Crippen LogP contribution in [0.3, 0.4) is 0 Å². The van der Waals surface area contributed by atoms with Crippen LogP contribution in [0.4, 0.5) is 0 Å². The first kappa shape index (κ1) is 20.4. The number of sulfonamides is 1. The second-order valence-corrected chi connectivity index (χ2v) is 7.01. The third-order valence-electron chi connectivity index (χ3n) is 2.04. The van der Waals surface area contributed by atoms with Crippen molar-refractivity contribution in [3.05, 3.63) is 0 Å². The minimum absolute atomic E-state index is 0. The molecule has 0 unspecified atom stereocenters. The van der Waals surface area contributed by atoms with Gasteiger partial charge in [0.15, 0.2) is 0 Å². The summed E-state index contributed by atoms with van der Waals surface area (Å²) in [6.07, 6.45) is 0.192. The third kappa shape index (κ3) is 7.48. The Morgan fingerprint density at radius 3 is 2.19 bits per heavy atom. The Morgan fingerprint density at radius 1 is 1.25 bits per heavy atom. The molecule has 0 aliphatic carbocycles. The molecule has 1 aliphatic rings. The van der Waals surface area contributed by atoms with Crippen molar-refractivity contribution in [1.82, 2.24) is 4.31 Å². The second kappa shape index (κ2) is 8.27. The molecular formula is C6H12NNa2O5PS. The standard InChI is InChI=1S/C6H14NO5PS.2Na/c8-13(9,10)5-1-3-7-4-2-6-14(7,11)12;;/h1-6H2,(H2,8,9,10);;/q;2*+1/p-2. The van der Waals surface area contributed by atoms with Crippen LogP contribution >= 0.6 is 7.60 Å². The molecule has 0 atom stereocenters. The van der Waals surface area contributed by atoms with Crippen LogP contribution in [0.5, 0.6) is 0 Å². The van der Waals surface area contributed by atoms with Gasteiger partial charge in [0, 0.05) is 13.1 Å². The third-order valence-corrected chi connectivity index (χ3v) is 4.86. The van der Waals surface area contributed by atoms with E-state index >= 15 is 0 Å². The summed E-state index contributed by atoms with van der Waals surface area (Å²) in [6.45, 7) is 0.571. The Labute approximate surface area is 140 Å². The van der Waals surface area contributed by atoms with Crippen LogP contribution in [-0.2, 0) is 14.6 Å². The Kier molecular flexibility index (Phi) is 10.5. The molecule has 0 aromatic heterocycles. The van der Waals surface area contributed by atoms with E-state index in [4.69, 9.17) is 0 Å². The second-order valence-electron chi connectivity index (χ2n) is 3.26. The Bertz CT molecular complexity index is 343. The maximum Gasteiger partial charge on any atom is 1.00 e. The summed E-state index contributed by atoms with van der Waals surface area (Å²) in [4.78, 5) is 20.5. The van der Waals surface area contributed by atoms with Crippen molar-refractivity contribution in [2.75, 3.05) is 25.0 Å². The van der Waals surface area contributed by atoms with Crippen LogP contribution in [-0.4, -0.2) is 37.7 Å². The van der Waals surface area contributed by atoms with Gasteiger partial charge in [-0.15, -0.1) is 0 Å². The summed E-state index contributed by atoms with van der Waals surface area (Å²) in [5.74, 6) is 0.124. The summed E-state index contributed by atoms with van der Waals surface area (Å²) in [6, 6.07) is 0. The number of hydrogen-bond donors (Lipinski definition) is 0. The predicted octanol–water partition coefficient (Wildman–Crippen LogP) is -7.67. The van der Waals surface area contributed by atoms with Gasteiger partial charge in [0.05, 0.1) is 5.75 Å². The van der Waals surface area contributed by atoms with Gasteiger partial charge in [-0.05, 0) is 19.0 Å². The molecule has 1 fully saturated rings. The van der Waals surface area contributed by atoms with Gasteiger partial charge in [-0.2, -0.15) is 0 Å². The molecule has 0 amide bonds. The summed E-state index contributed by atoms with van der Waals surface area (Å²) < 4.78 is 33.9. The molecule has 1 aliphatic heterocycles. The number of rotatable bonds is 4. The number of nitrogens with zero attached hydrogens (tertiary/aromatic N) is 1. The molecule has 0 N–H and O–H groups in total. The minimum Gasteiger partial charge on any atom is -0.811 e. The van der Waals surface area contributed by atoms with E-state index in [-0.39, 0.29) is 77.8 Å². The fourth-order valence-electron chi connectivity index (χ4n) is 1.38. The minimum atomic E-state index is -4.49. The van der Waals surface area contributed by atoms with Gasteiger partial charge in [0.1, 0.15) is 0 Å². The van der Waals surface area contributed by atoms with Crippen LogP contribution in [0.25, 0.3) is 0 Å². The SMILES string of the molecule is O=P([O-])([O-])CCCN1CCCS1(=O)=O.[Na+].[Na+]. The smallest absolute Gasteiger partial charge is 0.811 e. The van der Waals surface area contributed by atoms with E-state index in [1.165, 1.54) is 4.31 Å². The molecule has 6 nitrogen and oxygen atoms in total. The molecule has 1 heterocycles. The van der Waals surface area contributed by atoms with Gasteiger partial charge in [-0.1, -0.05) is 7.60 Å². The normalized spacial score (nSPS) is 19.9. The molecule has 84 valence electrons. The molecular weight excluding hydrogens is 275 g/mol. The number of hydrogen-bond acceptors (Lipinski definition) is 5. The van der Waals surface area contributed by atoms with Crippen molar-refractivity contribution in [2.24, 2.45) is 0 Å². The molecule has 0 saturated carbocycles. The quantitative estimate of drug-likeness (QED) is 0.378. The van der Waals surface area contributed by atoms with Crippen LogP contribution in [0.15, 0.2) is 0 Å². The zero-order valence-electron chi connectivity index (χ0n) is 9.59. The van der Waals surface area contributed by atoms with Crippen LogP contribution in [0.1, 0.15) is 12.8 Å². The molecule has 0 spiro atoms. The summed E-state index contributed by atoms with van der Waals surface area (Å²) in [7, 11) is -7.65. The molecule has 10 heteroatoms. The van der Waals surface area contributed by atoms with E-state index in [1.54, 1.807) is 0 Å². The molecule has 1 rings (SSSR count). The van der Waals surface area contributed by atoms with E-state index in [1.807, 2.05) is 0 Å². The van der Waals surface area contributed by atoms with Crippen LogP contribution in [0.2, 0.25) is 0 Å². The Hall–Kier alpha value is 2.06. The molecule has 0 bridgehead atoms. The molecule has 0 aromatic rings. The molecule has 0 aromatic carbocycles. The average molecular weight is 287 g/mol. The van der Waals surface area contributed by atoms with E-state index in [0.29, 0.717) is 13.0 Å². The average Bonchev–Trinajstić information content (AvgIpc) is 2.28. The summed E-state index contributed by atoms with van der Waals surface area (Å²) in [5, 5.41) is 0.